The molecule has 0 heterocycles. The molecule has 0 saturated heterocycles. The van der Waals surface area contributed by atoms with Crippen LogP contribution in [0.25, 0.3) is 0 Å². The van der Waals surface area contributed by atoms with Gasteiger partial charge in [-0.25, -0.2) is 8.42 Å². The van der Waals surface area contributed by atoms with Crippen molar-refractivity contribution < 1.29 is 22.7 Å². The summed E-state index contributed by atoms with van der Waals surface area (Å²) in [6.07, 6.45) is 1.62. The minimum absolute atomic E-state index is 0.145. The van der Waals surface area contributed by atoms with Crippen molar-refractivity contribution in [3.8, 4) is 11.5 Å². The van der Waals surface area contributed by atoms with Crippen LogP contribution in [0.2, 0.25) is 5.02 Å². The summed E-state index contributed by atoms with van der Waals surface area (Å²) in [6.45, 7) is 2.40. The Morgan fingerprint density at radius 3 is 2.52 bits per heavy atom. The summed E-state index contributed by atoms with van der Waals surface area (Å²) in [4.78, 5) is 12.2. The molecule has 158 valence electrons. The highest BCUT2D eigenvalue weighted by Gasteiger charge is 2.21. The molecule has 0 aliphatic carbocycles. The van der Waals surface area contributed by atoms with Crippen molar-refractivity contribution in [1.82, 2.24) is 0 Å². The molecule has 0 spiro atoms. The van der Waals surface area contributed by atoms with E-state index in [0.717, 1.165) is 6.26 Å². The number of para-hydroxylation sites is 2. The van der Waals surface area contributed by atoms with Gasteiger partial charge in [-0.05, 0) is 43.7 Å². The first kappa shape index (κ1) is 22.8. The van der Waals surface area contributed by atoms with Gasteiger partial charge in [0.1, 0.15) is 11.5 Å². The average Bonchev–Trinajstić information content (AvgIpc) is 2.65. The lowest BCUT2D eigenvalue weighted by Gasteiger charge is -2.24. The largest absolute Gasteiger partial charge is 0.495 e. The molecule has 1 N–H and O–H groups in total. The molecule has 0 fully saturated rings. The molecular weight excluding hydrogens is 416 g/mol. The molecular formula is C20H25ClN2O5S. The number of sulfonamides is 1. The number of halogens is 1. The molecule has 0 aromatic heterocycles. The van der Waals surface area contributed by atoms with Crippen LogP contribution < -0.4 is 19.1 Å². The van der Waals surface area contributed by atoms with E-state index in [9.17, 15) is 13.2 Å². The van der Waals surface area contributed by atoms with Crippen LogP contribution in [0.4, 0.5) is 11.4 Å². The third-order valence-electron chi connectivity index (χ3n) is 4.03. The number of ether oxygens (including phenoxy) is 2. The third-order valence-corrected chi connectivity index (χ3v) is 5.51. The van der Waals surface area contributed by atoms with E-state index in [1.165, 1.54) is 11.4 Å². The highest BCUT2D eigenvalue weighted by Crippen LogP contribution is 2.30. The number of hydrogen-bond acceptors (Lipinski definition) is 5. The van der Waals surface area contributed by atoms with Gasteiger partial charge >= 0.3 is 0 Å². The van der Waals surface area contributed by atoms with Crippen LogP contribution in [0.15, 0.2) is 42.5 Å². The third kappa shape index (κ3) is 6.54. The number of nitrogens with one attached hydrogen (secondary N) is 1. The number of amides is 1. The van der Waals surface area contributed by atoms with E-state index in [0.29, 0.717) is 40.9 Å². The lowest BCUT2D eigenvalue weighted by atomic mass is 10.2. The Balaban J connectivity index is 2.02. The van der Waals surface area contributed by atoms with Crippen LogP contribution in [-0.4, -0.2) is 40.8 Å². The Kier molecular flexibility index (Phi) is 8.16. The second-order valence-electron chi connectivity index (χ2n) is 6.24. The Labute approximate surface area is 176 Å². The summed E-state index contributed by atoms with van der Waals surface area (Å²) in [7, 11) is -2.03. The van der Waals surface area contributed by atoms with Crippen molar-refractivity contribution in [2.45, 2.75) is 19.8 Å². The van der Waals surface area contributed by atoms with Crippen molar-refractivity contribution in [2.75, 3.05) is 36.1 Å². The molecule has 7 nitrogen and oxygen atoms in total. The number of carbonyl (C=O) groups excluding carboxylic acids is 1. The smallest absolute Gasteiger partial charge is 0.232 e. The highest BCUT2D eigenvalue weighted by molar-refractivity contribution is 7.92. The molecule has 29 heavy (non-hydrogen) atoms. The van der Waals surface area contributed by atoms with Crippen LogP contribution in [0.1, 0.15) is 19.8 Å². The Bertz CT molecular complexity index is 950. The van der Waals surface area contributed by atoms with E-state index in [1.54, 1.807) is 42.5 Å². The van der Waals surface area contributed by atoms with Gasteiger partial charge in [0.25, 0.3) is 0 Å². The first-order valence-electron chi connectivity index (χ1n) is 9.09. The van der Waals surface area contributed by atoms with Crippen LogP contribution in [0.3, 0.4) is 0 Å². The first-order chi connectivity index (χ1) is 13.8. The zero-order valence-corrected chi connectivity index (χ0v) is 18.2. The van der Waals surface area contributed by atoms with Crippen LogP contribution >= 0.6 is 11.6 Å². The van der Waals surface area contributed by atoms with E-state index in [2.05, 4.69) is 5.32 Å². The van der Waals surface area contributed by atoms with Crippen LogP contribution in [0, 0.1) is 0 Å². The van der Waals surface area contributed by atoms with Gasteiger partial charge in [-0.2, -0.15) is 0 Å². The second kappa shape index (κ2) is 10.4. The monoisotopic (exact) mass is 440 g/mol. The average molecular weight is 441 g/mol. The molecule has 2 rings (SSSR count). The molecule has 0 atom stereocenters. The Morgan fingerprint density at radius 2 is 1.90 bits per heavy atom. The van der Waals surface area contributed by atoms with Crippen molar-refractivity contribution in [3.63, 3.8) is 0 Å². The van der Waals surface area contributed by atoms with E-state index in [4.69, 9.17) is 21.1 Å². The lowest BCUT2D eigenvalue weighted by molar-refractivity contribution is -0.116. The Hall–Kier alpha value is -2.45. The van der Waals surface area contributed by atoms with Crippen molar-refractivity contribution in [1.29, 1.82) is 0 Å². The predicted molar refractivity (Wildman–Crippen MR) is 116 cm³/mol. The maximum atomic E-state index is 12.3. The second-order valence-corrected chi connectivity index (χ2v) is 8.55. The molecule has 2 aromatic rings. The summed E-state index contributed by atoms with van der Waals surface area (Å²) in [5.74, 6) is 0.761. The fourth-order valence-electron chi connectivity index (χ4n) is 2.76. The van der Waals surface area contributed by atoms with E-state index in [-0.39, 0.29) is 18.9 Å². The van der Waals surface area contributed by atoms with Gasteiger partial charge in [0, 0.05) is 18.7 Å². The maximum Gasteiger partial charge on any atom is 0.232 e. The van der Waals surface area contributed by atoms with Crippen LogP contribution in [0.5, 0.6) is 11.5 Å². The van der Waals surface area contributed by atoms with Gasteiger partial charge in [-0.3, -0.25) is 9.10 Å². The molecule has 0 radical (unpaired) electrons. The fourth-order valence-corrected chi connectivity index (χ4v) is 3.98. The molecule has 0 bridgehead atoms. The van der Waals surface area contributed by atoms with Crippen molar-refractivity contribution in [3.05, 3.63) is 47.5 Å². The molecule has 0 saturated carbocycles. The SMILES string of the molecule is CCOc1ccccc1N(CCCC(=O)Nc1ccc(OC)c(Cl)c1)S(C)(=O)=O. The minimum Gasteiger partial charge on any atom is -0.495 e. The van der Waals surface area contributed by atoms with Gasteiger partial charge in [-0.15, -0.1) is 0 Å². The molecule has 9 heteroatoms. The number of rotatable bonds is 10. The number of anilines is 2. The summed E-state index contributed by atoms with van der Waals surface area (Å²) in [5.41, 5.74) is 1.00. The van der Waals surface area contributed by atoms with Gasteiger partial charge < -0.3 is 14.8 Å². The van der Waals surface area contributed by atoms with Crippen molar-refractivity contribution in [2.24, 2.45) is 0 Å². The molecule has 1 amide bonds. The first-order valence-corrected chi connectivity index (χ1v) is 11.3. The van der Waals surface area contributed by atoms with Gasteiger partial charge in [-0.1, -0.05) is 23.7 Å². The predicted octanol–water partition coefficient (Wildman–Crippen LogP) is 3.93. The van der Waals surface area contributed by atoms with E-state index in [1.807, 2.05) is 6.92 Å². The fraction of sp³-hybridized carbons (Fsp3) is 0.350. The molecule has 0 aliphatic rings. The van der Waals surface area contributed by atoms with Gasteiger partial charge in [0.05, 0.1) is 30.7 Å². The summed E-state index contributed by atoms with van der Waals surface area (Å²) >= 11 is 6.06. The maximum absolute atomic E-state index is 12.3. The number of nitrogens with zero attached hydrogens (tertiary/aromatic N) is 1. The zero-order chi connectivity index (χ0) is 21.4. The highest BCUT2D eigenvalue weighted by atomic mass is 35.5. The molecule has 0 aliphatic heterocycles. The normalized spacial score (nSPS) is 11.0. The molecule has 2 aromatic carbocycles. The Morgan fingerprint density at radius 1 is 1.17 bits per heavy atom. The van der Waals surface area contributed by atoms with Crippen molar-refractivity contribution >= 4 is 38.9 Å². The standard InChI is InChI=1S/C20H25ClN2O5S/c1-4-28-19-9-6-5-8-17(19)23(29(3,25)26)13-7-10-20(24)22-15-11-12-18(27-2)16(21)14-15/h5-6,8-9,11-12,14H,4,7,10,13H2,1-3H3,(H,22,24). The number of methoxy groups -OCH3 is 1. The van der Waals surface area contributed by atoms with E-state index < -0.39 is 10.0 Å². The van der Waals surface area contributed by atoms with Gasteiger partial charge in [0.15, 0.2) is 0 Å². The summed E-state index contributed by atoms with van der Waals surface area (Å²) in [6, 6.07) is 11.9. The van der Waals surface area contributed by atoms with E-state index >= 15 is 0 Å². The van der Waals surface area contributed by atoms with Gasteiger partial charge in [0.2, 0.25) is 15.9 Å². The topological polar surface area (TPSA) is 84.9 Å². The quantitative estimate of drug-likeness (QED) is 0.605. The number of carbonyl (C=O) groups is 1. The number of hydrogen-bond donors (Lipinski definition) is 1. The lowest BCUT2D eigenvalue weighted by Crippen LogP contribution is -2.31. The minimum atomic E-state index is -3.54. The summed E-state index contributed by atoms with van der Waals surface area (Å²) in [5, 5.41) is 3.14. The molecule has 0 unspecified atom stereocenters. The summed E-state index contributed by atoms with van der Waals surface area (Å²) < 4.78 is 36.5. The zero-order valence-electron chi connectivity index (χ0n) is 16.6. The van der Waals surface area contributed by atoms with Crippen LogP contribution in [-0.2, 0) is 14.8 Å². The number of benzene rings is 2.